The summed E-state index contributed by atoms with van der Waals surface area (Å²) in [6, 6.07) is 5.48. The maximum atomic E-state index is 13.3. The zero-order chi connectivity index (χ0) is 18.4. The summed E-state index contributed by atoms with van der Waals surface area (Å²) < 4.78 is 31.4. The van der Waals surface area contributed by atoms with Gasteiger partial charge in [0.15, 0.2) is 11.6 Å². The molecule has 2 amide bonds. The number of hydrogen-bond acceptors (Lipinski definition) is 3. The fourth-order valence-electron chi connectivity index (χ4n) is 2.29. The van der Waals surface area contributed by atoms with Gasteiger partial charge in [-0.05, 0) is 42.7 Å². The minimum Gasteiger partial charge on any atom is -0.467 e. The molecule has 0 bridgehead atoms. The van der Waals surface area contributed by atoms with Crippen LogP contribution in [0.3, 0.4) is 0 Å². The molecule has 1 aromatic carbocycles. The fourth-order valence-corrected chi connectivity index (χ4v) is 2.29. The molecule has 25 heavy (non-hydrogen) atoms. The van der Waals surface area contributed by atoms with Crippen LogP contribution < -0.4 is 10.6 Å². The van der Waals surface area contributed by atoms with E-state index < -0.39 is 23.6 Å². The first-order chi connectivity index (χ1) is 11.9. The van der Waals surface area contributed by atoms with Crippen LogP contribution in [-0.2, 0) is 11.3 Å². The molecule has 2 rings (SSSR count). The van der Waals surface area contributed by atoms with Gasteiger partial charge in [-0.1, -0.05) is 13.8 Å². The van der Waals surface area contributed by atoms with Crippen molar-refractivity contribution in [3.8, 4) is 0 Å². The molecule has 0 saturated heterocycles. The van der Waals surface area contributed by atoms with Crippen molar-refractivity contribution in [2.75, 3.05) is 0 Å². The molecule has 0 aliphatic heterocycles. The number of halogens is 2. The first-order valence-electron chi connectivity index (χ1n) is 7.93. The molecular formula is C18H20F2N2O3. The van der Waals surface area contributed by atoms with Gasteiger partial charge in [-0.2, -0.15) is 0 Å². The Morgan fingerprint density at radius 3 is 2.52 bits per heavy atom. The van der Waals surface area contributed by atoms with Crippen LogP contribution in [0.15, 0.2) is 41.0 Å². The molecule has 1 heterocycles. The summed E-state index contributed by atoms with van der Waals surface area (Å²) in [5.41, 5.74) is -0.0495. The zero-order valence-corrected chi connectivity index (χ0v) is 14.0. The number of benzene rings is 1. The van der Waals surface area contributed by atoms with Crippen LogP contribution in [0.2, 0.25) is 0 Å². The van der Waals surface area contributed by atoms with Gasteiger partial charge in [-0.15, -0.1) is 0 Å². The van der Waals surface area contributed by atoms with Gasteiger partial charge < -0.3 is 15.1 Å². The van der Waals surface area contributed by atoms with E-state index in [1.54, 1.807) is 12.1 Å². The normalized spacial score (nSPS) is 12.0. The molecule has 1 atom stereocenters. The standard InChI is InChI=1S/C18H20F2N2O3/c1-11(2)8-16(18(24)21-10-13-4-3-7-25-13)22-17(23)12-5-6-14(19)15(20)9-12/h3-7,9,11,16H,8,10H2,1-2H3,(H,21,24)(H,22,23)/t16-/m1/s1. The van der Waals surface area contributed by atoms with Gasteiger partial charge in [0.2, 0.25) is 5.91 Å². The van der Waals surface area contributed by atoms with E-state index in [0.29, 0.717) is 12.2 Å². The lowest BCUT2D eigenvalue weighted by molar-refractivity contribution is -0.123. The van der Waals surface area contributed by atoms with Crippen molar-refractivity contribution in [2.45, 2.75) is 32.9 Å². The predicted molar refractivity (Wildman–Crippen MR) is 87.6 cm³/mol. The second-order valence-corrected chi connectivity index (χ2v) is 6.08. The lowest BCUT2D eigenvalue weighted by Gasteiger charge is -2.20. The molecular weight excluding hydrogens is 330 g/mol. The molecule has 5 nitrogen and oxygen atoms in total. The summed E-state index contributed by atoms with van der Waals surface area (Å²) in [5.74, 6) is -2.44. The molecule has 0 fully saturated rings. The number of carbonyl (C=O) groups is 2. The van der Waals surface area contributed by atoms with Crippen LogP contribution in [0.1, 0.15) is 36.4 Å². The van der Waals surface area contributed by atoms with Crippen LogP contribution in [-0.4, -0.2) is 17.9 Å². The second kappa shape index (κ2) is 8.41. The molecule has 0 spiro atoms. The smallest absolute Gasteiger partial charge is 0.252 e. The van der Waals surface area contributed by atoms with Gasteiger partial charge in [0.05, 0.1) is 12.8 Å². The molecule has 2 N–H and O–H groups in total. The van der Waals surface area contributed by atoms with E-state index in [0.717, 1.165) is 12.1 Å². The van der Waals surface area contributed by atoms with Gasteiger partial charge in [0.25, 0.3) is 5.91 Å². The first-order valence-corrected chi connectivity index (χ1v) is 7.93. The van der Waals surface area contributed by atoms with E-state index in [1.165, 1.54) is 12.3 Å². The third-order valence-electron chi connectivity index (χ3n) is 3.53. The maximum Gasteiger partial charge on any atom is 0.252 e. The van der Waals surface area contributed by atoms with Crippen molar-refractivity contribution in [1.82, 2.24) is 10.6 Å². The van der Waals surface area contributed by atoms with Crippen LogP contribution in [0.4, 0.5) is 8.78 Å². The summed E-state index contributed by atoms with van der Waals surface area (Å²) >= 11 is 0. The number of hydrogen-bond donors (Lipinski definition) is 2. The Labute approximate surface area is 144 Å². The topological polar surface area (TPSA) is 71.3 Å². The summed E-state index contributed by atoms with van der Waals surface area (Å²) in [4.78, 5) is 24.6. The number of furan rings is 1. The van der Waals surface area contributed by atoms with Crippen molar-refractivity contribution in [2.24, 2.45) is 5.92 Å². The van der Waals surface area contributed by atoms with Crippen LogP contribution >= 0.6 is 0 Å². The Morgan fingerprint density at radius 2 is 1.92 bits per heavy atom. The van der Waals surface area contributed by atoms with E-state index in [1.807, 2.05) is 13.8 Å². The molecule has 0 radical (unpaired) electrons. The SMILES string of the molecule is CC(C)C[C@@H](NC(=O)c1ccc(F)c(F)c1)C(=O)NCc1ccco1. The van der Waals surface area contributed by atoms with Gasteiger partial charge in [0, 0.05) is 5.56 Å². The fraction of sp³-hybridized carbons (Fsp3) is 0.333. The third-order valence-corrected chi connectivity index (χ3v) is 3.53. The molecule has 0 saturated carbocycles. The minimum absolute atomic E-state index is 0.0495. The lowest BCUT2D eigenvalue weighted by atomic mass is 10.0. The molecule has 0 aliphatic rings. The number of rotatable bonds is 7. The molecule has 0 aliphatic carbocycles. The van der Waals surface area contributed by atoms with Crippen molar-refractivity contribution in [3.63, 3.8) is 0 Å². The van der Waals surface area contributed by atoms with E-state index in [-0.39, 0.29) is 23.9 Å². The monoisotopic (exact) mass is 350 g/mol. The van der Waals surface area contributed by atoms with E-state index in [4.69, 9.17) is 4.42 Å². The summed E-state index contributed by atoms with van der Waals surface area (Å²) in [6.07, 6.45) is 1.90. The van der Waals surface area contributed by atoms with Gasteiger partial charge in [-0.25, -0.2) is 8.78 Å². The molecule has 2 aromatic rings. The van der Waals surface area contributed by atoms with E-state index >= 15 is 0 Å². The summed E-state index contributed by atoms with van der Waals surface area (Å²) in [7, 11) is 0. The Bertz CT molecular complexity index is 730. The van der Waals surface area contributed by atoms with Crippen LogP contribution in [0, 0.1) is 17.6 Å². The third kappa shape index (κ3) is 5.41. The Morgan fingerprint density at radius 1 is 1.16 bits per heavy atom. The maximum absolute atomic E-state index is 13.3. The molecule has 1 aromatic heterocycles. The minimum atomic E-state index is -1.12. The highest BCUT2D eigenvalue weighted by Crippen LogP contribution is 2.11. The van der Waals surface area contributed by atoms with Crippen molar-refractivity contribution in [1.29, 1.82) is 0 Å². The number of carbonyl (C=O) groups excluding carboxylic acids is 2. The van der Waals surface area contributed by atoms with Crippen molar-refractivity contribution >= 4 is 11.8 Å². The lowest BCUT2D eigenvalue weighted by Crippen LogP contribution is -2.47. The van der Waals surface area contributed by atoms with E-state index in [9.17, 15) is 18.4 Å². The van der Waals surface area contributed by atoms with Gasteiger partial charge in [-0.3, -0.25) is 9.59 Å². The number of amides is 2. The highest BCUT2D eigenvalue weighted by Gasteiger charge is 2.23. The molecule has 7 heteroatoms. The van der Waals surface area contributed by atoms with Crippen molar-refractivity contribution in [3.05, 3.63) is 59.6 Å². The predicted octanol–water partition coefficient (Wildman–Crippen LogP) is 3.02. The van der Waals surface area contributed by atoms with Crippen LogP contribution in [0.25, 0.3) is 0 Å². The average Bonchev–Trinajstić information content (AvgIpc) is 3.07. The van der Waals surface area contributed by atoms with Crippen LogP contribution in [0.5, 0.6) is 0 Å². The Hall–Kier alpha value is -2.70. The summed E-state index contributed by atoms with van der Waals surface area (Å²) in [6.45, 7) is 4.02. The molecule has 0 unspecified atom stereocenters. The zero-order valence-electron chi connectivity index (χ0n) is 14.0. The quantitative estimate of drug-likeness (QED) is 0.806. The highest BCUT2D eigenvalue weighted by molar-refractivity contribution is 5.97. The first kappa shape index (κ1) is 18.6. The second-order valence-electron chi connectivity index (χ2n) is 6.08. The largest absolute Gasteiger partial charge is 0.467 e. The Balaban J connectivity index is 2.03. The Kier molecular flexibility index (Phi) is 6.27. The molecule has 134 valence electrons. The van der Waals surface area contributed by atoms with Gasteiger partial charge in [0.1, 0.15) is 11.8 Å². The highest BCUT2D eigenvalue weighted by atomic mass is 19.2. The van der Waals surface area contributed by atoms with Crippen molar-refractivity contribution < 1.29 is 22.8 Å². The van der Waals surface area contributed by atoms with E-state index in [2.05, 4.69) is 10.6 Å². The van der Waals surface area contributed by atoms with Gasteiger partial charge >= 0.3 is 0 Å². The number of nitrogens with one attached hydrogen (secondary N) is 2. The summed E-state index contributed by atoms with van der Waals surface area (Å²) in [5, 5.41) is 5.26. The average molecular weight is 350 g/mol.